The number of rotatable bonds is 1. The Bertz CT molecular complexity index is 876. The largest absolute Gasteiger partial charge is 0.0616 e. The van der Waals surface area contributed by atoms with Crippen molar-refractivity contribution in [3.63, 3.8) is 0 Å². The summed E-state index contributed by atoms with van der Waals surface area (Å²) in [6, 6.07) is 21.8. The number of hydrogen-bond donors (Lipinski definition) is 0. The number of benzene rings is 3. The van der Waals surface area contributed by atoms with Gasteiger partial charge in [0.05, 0.1) is 0 Å². The van der Waals surface area contributed by atoms with E-state index in [1.807, 2.05) is 0 Å². The van der Waals surface area contributed by atoms with Crippen LogP contribution in [0.25, 0.3) is 27.5 Å². The molecule has 3 aromatic carbocycles. The minimum atomic E-state index is 1.30. The van der Waals surface area contributed by atoms with Crippen molar-refractivity contribution in [1.82, 2.24) is 0 Å². The van der Waals surface area contributed by atoms with Gasteiger partial charge in [0, 0.05) is 6.42 Å². The fourth-order valence-electron chi connectivity index (χ4n) is 3.33. The summed E-state index contributed by atoms with van der Waals surface area (Å²) < 4.78 is 0. The van der Waals surface area contributed by atoms with Crippen molar-refractivity contribution in [1.29, 1.82) is 0 Å². The molecule has 0 fully saturated rings. The van der Waals surface area contributed by atoms with Crippen molar-refractivity contribution in [3.05, 3.63) is 83.8 Å². The molecule has 0 N–H and O–H groups in total. The minimum Gasteiger partial charge on any atom is -0.0616 e. The third-order valence-electron chi connectivity index (χ3n) is 4.52. The molecule has 0 aliphatic heterocycles. The second-order valence-corrected chi connectivity index (χ2v) is 5.75. The highest BCUT2D eigenvalue weighted by Gasteiger charge is 2.20. The van der Waals surface area contributed by atoms with E-state index in [4.69, 9.17) is 0 Å². The monoisotopic (exact) mass is 269 g/mol. The highest BCUT2D eigenvalue weighted by Crippen LogP contribution is 2.41. The Morgan fingerprint density at radius 3 is 2.29 bits per heavy atom. The van der Waals surface area contributed by atoms with Gasteiger partial charge in [-0.15, -0.1) is 0 Å². The molecule has 0 amide bonds. The van der Waals surface area contributed by atoms with Crippen molar-refractivity contribution in [3.8, 4) is 11.1 Å². The van der Waals surface area contributed by atoms with Gasteiger partial charge in [0.15, 0.2) is 0 Å². The van der Waals surface area contributed by atoms with Gasteiger partial charge in [-0.3, -0.25) is 0 Å². The molecule has 0 saturated carbocycles. The van der Waals surface area contributed by atoms with E-state index in [0.29, 0.717) is 0 Å². The maximum absolute atomic E-state index is 2.29. The van der Waals surface area contributed by atoms with Crippen molar-refractivity contribution in [2.24, 2.45) is 0 Å². The minimum absolute atomic E-state index is 1.30. The van der Waals surface area contributed by atoms with Crippen LogP contribution in [0.4, 0.5) is 0 Å². The van der Waals surface area contributed by atoms with E-state index < -0.39 is 0 Å². The molecule has 0 aromatic heterocycles. The highest BCUT2D eigenvalue weighted by atomic mass is 14.2. The van der Waals surface area contributed by atoms with Gasteiger partial charge in [-0.05, 0) is 52.4 Å². The fraction of sp³-hybridized carbons (Fsp3) is 0.0952. The van der Waals surface area contributed by atoms with E-state index in [1.54, 1.807) is 0 Å². The SMILES string of the molecule is CC1=C(C)c2c(cccc2-c2cccc3ccccc23)[CH]1. The molecular weight excluding hydrogens is 252 g/mol. The van der Waals surface area contributed by atoms with Crippen LogP contribution in [0.3, 0.4) is 0 Å². The van der Waals surface area contributed by atoms with Crippen LogP contribution in [-0.2, 0) is 0 Å². The molecule has 0 spiro atoms. The van der Waals surface area contributed by atoms with Crippen LogP contribution >= 0.6 is 0 Å². The molecule has 21 heavy (non-hydrogen) atoms. The first-order valence-electron chi connectivity index (χ1n) is 7.39. The molecule has 0 saturated heterocycles. The maximum Gasteiger partial charge on any atom is 0.0164 e. The Kier molecular flexibility index (Phi) is 2.71. The standard InChI is InChI=1S/C21H17/c1-14-13-17-9-6-12-20(21(17)15(14)2)19-11-5-8-16-7-3-4-10-18(16)19/h3-13H,1-2H3. The Balaban J connectivity index is 2.06. The van der Waals surface area contributed by atoms with Crippen LogP contribution in [-0.4, -0.2) is 0 Å². The zero-order chi connectivity index (χ0) is 14.4. The molecule has 4 rings (SSSR count). The van der Waals surface area contributed by atoms with Gasteiger partial charge in [0.25, 0.3) is 0 Å². The van der Waals surface area contributed by atoms with E-state index in [0.717, 1.165) is 0 Å². The highest BCUT2D eigenvalue weighted by molar-refractivity contribution is 6.01. The van der Waals surface area contributed by atoms with Crippen LogP contribution in [0.1, 0.15) is 25.0 Å². The second kappa shape index (κ2) is 4.60. The first-order valence-corrected chi connectivity index (χ1v) is 7.39. The lowest BCUT2D eigenvalue weighted by Crippen LogP contribution is -1.89. The summed E-state index contributed by atoms with van der Waals surface area (Å²) in [5.74, 6) is 0. The molecule has 0 nitrogen and oxygen atoms in total. The van der Waals surface area contributed by atoms with Gasteiger partial charge in [0.2, 0.25) is 0 Å². The molecule has 1 aliphatic rings. The lowest BCUT2D eigenvalue weighted by Gasteiger charge is -2.13. The lowest BCUT2D eigenvalue weighted by molar-refractivity contribution is 1.44. The Morgan fingerprint density at radius 1 is 0.667 bits per heavy atom. The van der Waals surface area contributed by atoms with Crippen molar-refractivity contribution < 1.29 is 0 Å². The van der Waals surface area contributed by atoms with Crippen molar-refractivity contribution >= 4 is 16.3 Å². The van der Waals surface area contributed by atoms with Gasteiger partial charge in [-0.2, -0.15) is 0 Å². The van der Waals surface area contributed by atoms with E-state index >= 15 is 0 Å². The Labute approximate surface area is 125 Å². The van der Waals surface area contributed by atoms with Gasteiger partial charge in [-0.1, -0.05) is 66.2 Å². The van der Waals surface area contributed by atoms with Crippen LogP contribution in [0.5, 0.6) is 0 Å². The number of allylic oxidation sites excluding steroid dienone is 2. The molecular formula is C21H17. The zero-order valence-corrected chi connectivity index (χ0v) is 12.4. The Hall–Kier alpha value is -2.34. The van der Waals surface area contributed by atoms with E-state index in [1.165, 1.54) is 44.2 Å². The van der Waals surface area contributed by atoms with E-state index in [9.17, 15) is 0 Å². The average molecular weight is 269 g/mol. The second-order valence-electron chi connectivity index (χ2n) is 5.75. The molecule has 0 heterocycles. The molecule has 0 atom stereocenters. The average Bonchev–Trinajstić information content (AvgIpc) is 2.82. The molecule has 1 aliphatic carbocycles. The predicted molar refractivity (Wildman–Crippen MR) is 91.1 cm³/mol. The summed E-state index contributed by atoms with van der Waals surface area (Å²) in [6.07, 6.45) is 2.29. The molecule has 3 aromatic rings. The van der Waals surface area contributed by atoms with Crippen molar-refractivity contribution in [2.75, 3.05) is 0 Å². The topological polar surface area (TPSA) is 0 Å². The zero-order valence-electron chi connectivity index (χ0n) is 12.4. The first-order chi connectivity index (χ1) is 10.3. The summed E-state index contributed by atoms with van der Waals surface area (Å²) in [4.78, 5) is 0. The normalized spacial score (nSPS) is 13.8. The Morgan fingerprint density at radius 2 is 1.38 bits per heavy atom. The molecule has 0 unspecified atom stereocenters. The smallest absolute Gasteiger partial charge is 0.0164 e. The predicted octanol–water partition coefficient (Wildman–Crippen LogP) is 5.87. The van der Waals surface area contributed by atoms with Gasteiger partial charge < -0.3 is 0 Å². The maximum atomic E-state index is 2.29. The van der Waals surface area contributed by atoms with E-state index in [2.05, 4.69) is 80.9 Å². The summed E-state index contributed by atoms with van der Waals surface area (Å²) in [6.45, 7) is 4.43. The molecule has 1 radical (unpaired) electrons. The summed E-state index contributed by atoms with van der Waals surface area (Å²) in [7, 11) is 0. The van der Waals surface area contributed by atoms with Crippen LogP contribution < -0.4 is 0 Å². The summed E-state index contributed by atoms with van der Waals surface area (Å²) in [5.41, 5.74) is 8.18. The molecule has 0 heteroatoms. The van der Waals surface area contributed by atoms with Crippen LogP contribution in [0, 0.1) is 6.42 Å². The number of hydrogen-bond acceptors (Lipinski definition) is 0. The third kappa shape index (κ3) is 1.83. The van der Waals surface area contributed by atoms with E-state index in [-0.39, 0.29) is 0 Å². The molecule has 0 bridgehead atoms. The number of fused-ring (bicyclic) bond motifs is 2. The van der Waals surface area contributed by atoms with Gasteiger partial charge >= 0.3 is 0 Å². The summed E-state index contributed by atoms with van der Waals surface area (Å²) in [5, 5.41) is 2.62. The lowest BCUT2D eigenvalue weighted by atomic mass is 9.91. The van der Waals surface area contributed by atoms with Crippen LogP contribution in [0.15, 0.2) is 66.2 Å². The third-order valence-corrected chi connectivity index (χ3v) is 4.52. The van der Waals surface area contributed by atoms with Gasteiger partial charge in [0.1, 0.15) is 0 Å². The van der Waals surface area contributed by atoms with Crippen molar-refractivity contribution in [2.45, 2.75) is 13.8 Å². The quantitative estimate of drug-likeness (QED) is 0.518. The fourth-order valence-corrected chi connectivity index (χ4v) is 3.33. The van der Waals surface area contributed by atoms with Gasteiger partial charge in [-0.25, -0.2) is 0 Å². The van der Waals surface area contributed by atoms with Crippen LogP contribution in [0.2, 0.25) is 0 Å². The molecule has 101 valence electrons. The first kappa shape index (κ1) is 12.4. The summed E-state index contributed by atoms with van der Waals surface area (Å²) >= 11 is 0.